The molecule has 4 saturated heterocycles. The molecule has 4 rings (SSSR count). The highest BCUT2D eigenvalue weighted by Gasteiger charge is 2.54. The van der Waals surface area contributed by atoms with E-state index < -0.39 is 211 Å². The quantitative estimate of drug-likeness (QED) is 0.0448. The van der Waals surface area contributed by atoms with Gasteiger partial charge in [0.2, 0.25) is 11.8 Å². The minimum Gasteiger partial charge on any atom is -0.480 e. The number of ether oxygens (including phenoxy) is 9. The first-order valence-corrected chi connectivity index (χ1v) is 21.0. The lowest BCUT2D eigenvalue weighted by molar-refractivity contribution is -0.354. The zero-order valence-electron chi connectivity index (χ0n) is 36.2. The second-order valence-corrected chi connectivity index (χ2v) is 16.5. The number of aliphatic hydroxyl groups excluding tert-OH is 15. The number of amides is 2. The van der Waals surface area contributed by atoms with E-state index in [1.165, 1.54) is 6.92 Å². The summed E-state index contributed by atoms with van der Waals surface area (Å²) >= 11 is 0. The van der Waals surface area contributed by atoms with Crippen molar-refractivity contribution < 1.29 is 139 Å². The molecular formula is C37H64N2O28. The Balaban J connectivity index is 1.59. The Bertz CT molecular complexity index is 1550. The van der Waals surface area contributed by atoms with Crippen LogP contribution in [-0.2, 0) is 57.0 Å². The minimum absolute atomic E-state index is 0.650. The average Bonchev–Trinajstić information content (AvgIpc) is 3.28. The maximum atomic E-state index is 12.4. The summed E-state index contributed by atoms with van der Waals surface area (Å²) in [7, 11) is 0. The van der Waals surface area contributed by atoms with Crippen LogP contribution in [0.5, 0.6) is 0 Å². The van der Waals surface area contributed by atoms with Crippen molar-refractivity contribution in [3.05, 3.63) is 0 Å². The highest BCUT2D eigenvalue weighted by Crippen LogP contribution is 2.33. The zero-order valence-corrected chi connectivity index (χ0v) is 36.2. The van der Waals surface area contributed by atoms with Crippen molar-refractivity contribution in [2.24, 2.45) is 5.92 Å². The van der Waals surface area contributed by atoms with Gasteiger partial charge >= 0.3 is 5.97 Å². The van der Waals surface area contributed by atoms with E-state index in [0.29, 0.717) is 0 Å². The van der Waals surface area contributed by atoms with Gasteiger partial charge in [-0.2, -0.15) is 0 Å². The molecule has 25 unspecified atom stereocenters. The third-order valence-corrected chi connectivity index (χ3v) is 11.5. The van der Waals surface area contributed by atoms with Crippen molar-refractivity contribution in [1.82, 2.24) is 10.6 Å². The number of carbonyl (C=O) groups is 3. The van der Waals surface area contributed by atoms with Crippen molar-refractivity contribution in [1.29, 1.82) is 0 Å². The first-order chi connectivity index (χ1) is 31.5. The Morgan fingerprint density at radius 2 is 0.985 bits per heavy atom. The highest BCUT2D eigenvalue weighted by atomic mass is 16.8. The number of carboxylic acid groups (broad SMARTS) is 1. The van der Waals surface area contributed by atoms with Crippen molar-refractivity contribution in [2.45, 2.75) is 168 Å². The van der Waals surface area contributed by atoms with Gasteiger partial charge in [0, 0.05) is 19.8 Å². The number of carbonyl (C=O) groups excluding carboxylic acids is 2. The molecule has 0 aromatic carbocycles. The van der Waals surface area contributed by atoms with E-state index in [1.54, 1.807) is 0 Å². The van der Waals surface area contributed by atoms with Crippen LogP contribution in [0, 0.1) is 5.92 Å². The SMILES string of the molecule is CC(=O)NC1C(OC2C(CO)OC(OCC(=O)O)C(NC(C)=O)C2O)OC(CO)C(OC(O)C(O)C(OC2OC(CO)C(O)C(O)C2O)C(O)C(C)COC2OC(CO)C(O)C(O)C2O)C1O. The number of aliphatic hydroxyl groups is 15. The third kappa shape index (κ3) is 13.9. The molecule has 0 aromatic heterocycles. The van der Waals surface area contributed by atoms with Crippen LogP contribution in [0.3, 0.4) is 0 Å². The van der Waals surface area contributed by atoms with Gasteiger partial charge in [-0.15, -0.1) is 0 Å². The third-order valence-electron chi connectivity index (χ3n) is 11.5. The number of carboxylic acids is 1. The lowest BCUT2D eigenvalue weighted by Gasteiger charge is -2.49. The largest absolute Gasteiger partial charge is 0.480 e. The first-order valence-electron chi connectivity index (χ1n) is 21.0. The Morgan fingerprint density at radius 1 is 0.537 bits per heavy atom. The maximum absolute atomic E-state index is 12.4. The van der Waals surface area contributed by atoms with Crippen LogP contribution >= 0.6 is 0 Å². The van der Waals surface area contributed by atoms with Crippen LogP contribution in [0.15, 0.2) is 0 Å². The molecule has 0 aromatic rings. The fourth-order valence-electron chi connectivity index (χ4n) is 7.79. The van der Waals surface area contributed by atoms with Gasteiger partial charge in [-0.1, -0.05) is 6.92 Å². The molecule has 0 spiro atoms. The van der Waals surface area contributed by atoms with Crippen LogP contribution in [-0.4, -0.2) is 286 Å². The maximum Gasteiger partial charge on any atom is 0.329 e. The second kappa shape index (κ2) is 25.5. The molecule has 25 atom stereocenters. The molecule has 4 aliphatic rings. The van der Waals surface area contributed by atoms with E-state index in [2.05, 4.69) is 10.6 Å². The number of hydrogen-bond acceptors (Lipinski definition) is 27. The Labute approximate surface area is 380 Å². The van der Waals surface area contributed by atoms with E-state index in [1.807, 2.05) is 0 Å². The molecule has 4 fully saturated rings. The molecule has 0 aliphatic carbocycles. The predicted octanol–water partition coefficient (Wildman–Crippen LogP) is -11.3. The van der Waals surface area contributed by atoms with Crippen molar-refractivity contribution >= 4 is 17.8 Å². The monoisotopic (exact) mass is 984 g/mol. The molecule has 0 radical (unpaired) electrons. The molecule has 30 heteroatoms. The number of rotatable bonds is 22. The summed E-state index contributed by atoms with van der Waals surface area (Å²) in [5.74, 6) is -4.33. The van der Waals surface area contributed by atoms with Crippen LogP contribution in [0.2, 0.25) is 0 Å². The smallest absolute Gasteiger partial charge is 0.329 e. The minimum atomic E-state index is -2.62. The average molecular weight is 985 g/mol. The second-order valence-electron chi connectivity index (χ2n) is 16.5. The molecule has 30 nitrogen and oxygen atoms in total. The van der Waals surface area contributed by atoms with Gasteiger partial charge in [-0.25, -0.2) is 4.79 Å². The standard InChI is InChI=1S/C37H64N2O28/c1-10(8-59-36-27(55)25(53)21(49)13(4-40)61-36)20(48)32(67-37-28(56)26(54)22(50)14(5-41)62-37)29(57)33(58)65-30-15(6-42)64-35(19(24(30)52)39-12(3)45)66-31-16(7-43)63-34(60-9-17(46)47)18(23(31)51)38-11(2)44/h10,13-16,18-37,40-43,48-58H,4-9H2,1-3H3,(H,38,44)(H,39,45)(H,46,47). The van der Waals surface area contributed by atoms with Crippen LogP contribution in [0.25, 0.3) is 0 Å². The number of aliphatic carboxylic acids is 1. The molecule has 2 amide bonds. The van der Waals surface area contributed by atoms with E-state index in [0.717, 1.165) is 13.8 Å². The van der Waals surface area contributed by atoms with Gasteiger partial charge in [-0.3, -0.25) is 9.59 Å². The fourth-order valence-corrected chi connectivity index (χ4v) is 7.79. The summed E-state index contributed by atoms with van der Waals surface area (Å²) < 4.78 is 49.9. The van der Waals surface area contributed by atoms with Gasteiger partial charge in [0.15, 0.2) is 31.5 Å². The van der Waals surface area contributed by atoms with Crippen molar-refractivity contribution in [3.63, 3.8) is 0 Å². The van der Waals surface area contributed by atoms with Gasteiger partial charge in [0.1, 0.15) is 116 Å². The zero-order chi connectivity index (χ0) is 50.2. The Hall–Kier alpha value is -2.55. The summed E-state index contributed by atoms with van der Waals surface area (Å²) in [4.78, 5) is 35.7. The fraction of sp³-hybridized carbons (Fsp3) is 0.919. The van der Waals surface area contributed by atoms with Crippen molar-refractivity contribution in [2.75, 3.05) is 39.6 Å². The summed E-state index contributed by atoms with van der Waals surface area (Å²) in [5.41, 5.74) is 0. The summed E-state index contributed by atoms with van der Waals surface area (Å²) in [6.07, 6.45) is -42.3. The van der Waals surface area contributed by atoms with Gasteiger partial charge in [-0.05, 0) is 0 Å². The Morgan fingerprint density at radius 3 is 1.49 bits per heavy atom. The van der Waals surface area contributed by atoms with Gasteiger partial charge in [0.05, 0.1) is 39.1 Å². The molecule has 4 aliphatic heterocycles. The summed E-state index contributed by atoms with van der Waals surface area (Å²) in [6, 6.07) is -3.32. The predicted molar refractivity (Wildman–Crippen MR) is 208 cm³/mol. The normalized spacial score (nSPS) is 41.6. The summed E-state index contributed by atoms with van der Waals surface area (Å²) in [6.45, 7) is -2.07. The first kappa shape index (κ1) is 57.0. The molecule has 390 valence electrons. The molecule has 0 bridgehead atoms. The van der Waals surface area contributed by atoms with E-state index in [4.69, 9.17) is 47.7 Å². The highest BCUT2D eigenvalue weighted by molar-refractivity contribution is 5.73. The van der Waals surface area contributed by atoms with E-state index >= 15 is 0 Å². The van der Waals surface area contributed by atoms with E-state index in [-0.39, 0.29) is 0 Å². The lowest BCUT2D eigenvalue weighted by Crippen LogP contribution is -2.70. The molecule has 0 saturated carbocycles. The van der Waals surface area contributed by atoms with Crippen LogP contribution in [0.1, 0.15) is 20.8 Å². The van der Waals surface area contributed by atoms with E-state index in [9.17, 15) is 91.0 Å². The van der Waals surface area contributed by atoms with Crippen LogP contribution < -0.4 is 10.6 Å². The molecular weight excluding hydrogens is 920 g/mol. The van der Waals surface area contributed by atoms with Gasteiger partial charge < -0.3 is 135 Å². The lowest BCUT2D eigenvalue weighted by atomic mass is 9.93. The number of hydrogen-bond donors (Lipinski definition) is 18. The molecule has 18 N–H and O–H groups in total. The van der Waals surface area contributed by atoms with Gasteiger partial charge in [0.25, 0.3) is 0 Å². The molecule has 67 heavy (non-hydrogen) atoms. The Kier molecular flexibility index (Phi) is 21.7. The van der Waals surface area contributed by atoms with Crippen molar-refractivity contribution in [3.8, 4) is 0 Å². The topological polar surface area (TPSA) is 482 Å². The number of nitrogens with one attached hydrogen (secondary N) is 2. The molecule has 4 heterocycles. The summed E-state index contributed by atoms with van der Waals surface area (Å²) in [5, 5.41) is 173. The van der Waals surface area contributed by atoms with Crippen LogP contribution in [0.4, 0.5) is 0 Å².